The molecule has 0 bridgehead atoms. The third-order valence-electron chi connectivity index (χ3n) is 1.82. The van der Waals surface area contributed by atoms with Gasteiger partial charge in [-0.25, -0.2) is 0 Å². The van der Waals surface area contributed by atoms with Crippen LogP contribution in [-0.2, 0) is 23.0 Å². The van der Waals surface area contributed by atoms with Crippen molar-refractivity contribution in [3.05, 3.63) is 21.9 Å². The van der Waals surface area contributed by atoms with Crippen LogP contribution in [-0.4, -0.2) is 16.0 Å². The zero-order chi connectivity index (χ0) is 10.6. The van der Waals surface area contributed by atoms with Crippen LogP contribution in [0.1, 0.15) is 23.6 Å². The number of nitrogens with two attached hydrogens (primary N) is 1. The fourth-order valence-electron chi connectivity index (χ4n) is 1.20. The lowest BCUT2D eigenvalue weighted by Gasteiger charge is -2.03. The highest BCUT2D eigenvalue weighted by atomic mass is 32.2. The molecule has 2 nitrogen and oxygen atoms in total. The molecule has 4 heteroatoms. The molecule has 2 unspecified atom stereocenters. The van der Waals surface area contributed by atoms with Crippen molar-refractivity contribution in [1.29, 1.82) is 0 Å². The topological polar surface area (TPSA) is 43.1 Å². The quantitative estimate of drug-likeness (QED) is 0.841. The highest BCUT2D eigenvalue weighted by Crippen LogP contribution is 2.18. The van der Waals surface area contributed by atoms with Crippen molar-refractivity contribution in [2.45, 2.75) is 32.1 Å². The molecule has 1 aromatic heterocycles. The van der Waals surface area contributed by atoms with Crippen LogP contribution in [0.4, 0.5) is 0 Å². The molecule has 1 aromatic rings. The van der Waals surface area contributed by atoms with E-state index < -0.39 is 10.8 Å². The van der Waals surface area contributed by atoms with E-state index in [-0.39, 0.29) is 6.04 Å². The first-order valence-corrected chi connectivity index (χ1v) is 7.10. The molecule has 0 aliphatic rings. The number of aryl methyl sites for hydroxylation is 1. The van der Waals surface area contributed by atoms with Gasteiger partial charge in [0.05, 0.1) is 5.75 Å². The summed E-state index contributed by atoms with van der Waals surface area (Å²) in [5, 5.41) is 0. The van der Waals surface area contributed by atoms with Crippen LogP contribution in [0.3, 0.4) is 0 Å². The Morgan fingerprint density at radius 2 is 2.14 bits per heavy atom. The molecule has 0 aliphatic heterocycles. The summed E-state index contributed by atoms with van der Waals surface area (Å²) in [7, 11) is -0.804. The summed E-state index contributed by atoms with van der Waals surface area (Å²) < 4.78 is 11.6. The second-order valence-electron chi connectivity index (χ2n) is 3.45. The maximum absolute atomic E-state index is 11.6. The van der Waals surface area contributed by atoms with Crippen molar-refractivity contribution >= 4 is 22.1 Å². The third-order valence-corrected chi connectivity index (χ3v) is 4.76. The van der Waals surface area contributed by atoms with E-state index in [9.17, 15) is 4.21 Å². The highest BCUT2D eigenvalue weighted by molar-refractivity contribution is 7.84. The largest absolute Gasteiger partial charge is 0.327 e. The Bertz CT molecular complexity index is 307. The van der Waals surface area contributed by atoms with Crippen molar-refractivity contribution in [2.75, 3.05) is 5.75 Å². The summed E-state index contributed by atoms with van der Waals surface area (Å²) in [5.41, 5.74) is 5.59. The van der Waals surface area contributed by atoms with E-state index in [4.69, 9.17) is 5.73 Å². The first-order valence-electron chi connectivity index (χ1n) is 4.80. The molecule has 0 saturated carbocycles. The molecule has 0 radical (unpaired) electrons. The van der Waals surface area contributed by atoms with E-state index in [1.54, 1.807) is 11.3 Å². The fourth-order valence-corrected chi connectivity index (χ4v) is 3.70. The Labute approximate surface area is 92.0 Å². The summed E-state index contributed by atoms with van der Waals surface area (Å²) in [5.74, 6) is 1.26. The molecule has 2 atom stereocenters. The zero-order valence-electron chi connectivity index (χ0n) is 8.66. The molecular weight excluding hydrogens is 214 g/mol. The van der Waals surface area contributed by atoms with Gasteiger partial charge in [-0.2, -0.15) is 0 Å². The van der Waals surface area contributed by atoms with Gasteiger partial charge >= 0.3 is 0 Å². The van der Waals surface area contributed by atoms with Gasteiger partial charge in [0.15, 0.2) is 0 Å². The van der Waals surface area contributed by atoms with E-state index >= 15 is 0 Å². The molecular formula is C10H17NOS2. The molecule has 0 aliphatic carbocycles. The minimum atomic E-state index is -0.804. The number of rotatable bonds is 5. The SMILES string of the molecule is CCc1ccc(CS(=O)CC(C)N)s1. The molecule has 0 amide bonds. The second kappa shape index (κ2) is 5.63. The van der Waals surface area contributed by atoms with Crippen molar-refractivity contribution in [1.82, 2.24) is 0 Å². The van der Waals surface area contributed by atoms with Crippen LogP contribution in [0.25, 0.3) is 0 Å². The molecule has 0 spiro atoms. The average Bonchev–Trinajstić information content (AvgIpc) is 2.50. The number of hydrogen-bond donors (Lipinski definition) is 1. The lowest BCUT2D eigenvalue weighted by atomic mass is 10.4. The average molecular weight is 231 g/mol. The van der Waals surface area contributed by atoms with E-state index in [1.165, 1.54) is 9.75 Å². The van der Waals surface area contributed by atoms with Gasteiger partial charge in [-0.3, -0.25) is 4.21 Å². The summed E-state index contributed by atoms with van der Waals surface area (Å²) in [6.45, 7) is 4.03. The Hall–Kier alpha value is -0.190. The summed E-state index contributed by atoms with van der Waals surface area (Å²) in [6, 6.07) is 4.22. The number of thiophene rings is 1. The van der Waals surface area contributed by atoms with Gasteiger partial charge < -0.3 is 5.73 Å². The smallest absolute Gasteiger partial charge is 0.0580 e. The predicted molar refractivity (Wildman–Crippen MR) is 64.1 cm³/mol. The Kier molecular flexibility index (Phi) is 4.78. The molecule has 1 rings (SSSR count). The van der Waals surface area contributed by atoms with E-state index in [0.717, 1.165) is 6.42 Å². The van der Waals surface area contributed by atoms with E-state index in [0.29, 0.717) is 11.5 Å². The lowest BCUT2D eigenvalue weighted by molar-refractivity contribution is 0.676. The maximum atomic E-state index is 11.6. The Morgan fingerprint density at radius 3 is 2.64 bits per heavy atom. The van der Waals surface area contributed by atoms with Gasteiger partial charge in [0.2, 0.25) is 0 Å². The normalized spacial score (nSPS) is 15.4. The van der Waals surface area contributed by atoms with Gasteiger partial charge in [-0.15, -0.1) is 11.3 Å². The van der Waals surface area contributed by atoms with Crippen LogP contribution >= 0.6 is 11.3 Å². The van der Waals surface area contributed by atoms with Gasteiger partial charge in [0, 0.05) is 32.3 Å². The van der Waals surface area contributed by atoms with E-state index in [1.807, 2.05) is 6.92 Å². The fraction of sp³-hybridized carbons (Fsp3) is 0.600. The van der Waals surface area contributed by atoms with Gasteiger partial charge in [-0.1, -0.05) is 6.92 Å². The van der Waals surface area contributed by atoms with Gasteiger partial charge in [-0.05, 0) is 25.5 Å². The van der Waals surface area contributed by atoms with E-state index in [2.05, 4.69) is 19.1 Å². The minimum absolute atomic E-state index is 0.0291. The second-order valence-corrected chi connectivity index (χ2v) is 6.20. The Balaban J connectivity index is 2.47. The van der Waals surface area contributed by atoms with Crippen molar-refractivity contribution in [3.8, 4) is 0 Å². The van der Waals surface area contributed by atoms with Crippen LogP contribution in [0.15, 0.2) is 12.1 Å². The van der Waals surface area contributed by atoms with Crippen molar-refractivity contribution < 1.29 is 4.21 Å². The lowest BCUT2D eigenvalue weighted by Crippen LogP contribution is -2.23. The van der Waals surface area contributed by atoms with Gasteiger partial charge in [0.25, 0.3) is 0 Å². The van der Waals surface area contributed by atoms with Crippen LogP contribution in [0, 0.1) is 0 Å². The highest BCUT2D eigenvalue weighted by Gasteiger charge is 2.06. The molecule has 1 heterocycles. The Morgan fingerprint density at radius 1 is 1.50 bits per heavy atom. The van der Waals surface area contributed by atoms with Crippen LogP contribution in [0.2, 0.25) is 0 Å². The van der Waals surface area contributed by atoms with Gasteiger partial charge in [0.1, 0.15) is 0 Å². The minimum Gasteiger partial charge on any atom is -0.327 e. The monoisotopic (exact) mass is 231 g/mol. The standard InChI is InChI=1S/C10H17NOS2/c1-3-9-4-5-10(13-9)7-14(12)6-8(2)11/h4-5,8H,3,6-7,11H2,1-2H3. The molecule has 14 heavy (non-hydrogen) atoms. The maximum Gasteiger partial charge on any atom is 0.0580 e. The first kappa shape index (κ1) is 11.9. The molecule has 2 N–H and O–H groups in total. The van der Waals surface area contributed by atoms with Crippen molar-refractivity contribution in [3.63, 3.8) is 0 Å². The summed E-state index contributed by atoms with van der Waals surface area (Å²) in [4.78, 5) is 2.57. The molecule has 0 fully saturated rings. The van der Waals surface area contributed by atoms with Crippen LogP contribution in [0.5, 0.6) is 0 Å². The van der Waals surface area contributed by atoms with Crippen molar-refractivity contribution in [2.24, 2.45) is 5.73 Å². The molecule has 80 valence electrons. The van der Waals surface area contributed by atoms with Crippen LogP contribution < -0.4 is 5.73 Å². The molecule has 0 aromatic carbocycles. The molecule has 0 saturated heterocycles. The third kappa shape index (κ3) is 3.90. The number of hydrogen-bond acceptors (Lipinski definition) is 3. The zero-order valence-corrected chi connectivity index (χ0v) is 10.3. The predicted octanol–water partition coefficient (Wildman–Crippen LogP) is 1.91. The first-order chi connectivity index (χ1) is 6.61. The summed E-state index contributed by atoms with van der Waals surface area (Å²) >= 11 is 1.75. The summed E-state index contributed by atoms with van der Waals surface area (Å²) in [6.07, 6.45) is 1.06.